The van der Waals surface area contributed by atoms with Crippen molar-refractivity contribution in [3.8, 4) is 5.75 Å². The van der Waals surface area contributed by atoms with Crippen molar-refractivity contribution < 1.29 is 9.53 Å². The van der Waals surface area contributed by atoms with Gasteiger partial charge in [-0.3, -0.25) is 4.79 Å². The number of hydrogen-bond acceptors (Lipinski definition) is 3. The third-order valence-corrected chi connectivity index (χ3v) is 4.63. The number of rotatable bonds is 7. The van der Waals surface area contributed by atoms with Crippen molar-refractivity contribution in [3.63, 3.8) is 0 Å². The second-order valence-corrected chi connectivity index (χ2v) is 7.28. The summed E-state index contributed by atoms with van der Waals surface area (Å²) in [5.74, 6) is 1.42. The molecular weight excluding hydrogens is 342 g/mol. The molecule has 0 saturated carbocycles. The third-order valence-electron chi connectivity index (χ3n) is 3.36. The van der Waals surface area contributed by atoms with Gasteiger partial charge < -0.3 is 10.1 Å². The van der Waals surface area contributed by atoms with Gasteiger partial charge in [-0.1, -0.05) is 17.7 Å². The van der Waals surface area contributed by atoms with E-state index >= 15 is 0 Å². The fourth-order valence-electron chi connectivity index (χ4n) is 2.28. The molecule has 5 heteroatoms. The molecule has 0 aliphatic carbocycles. The summed E-state index contributed by atoms with van der Waals surface area (Å²) in [4.78, 5) is 13.2. The van der Waals surface area contributed by atoms with Gasteiger partial charge >= 0.3 is 0 Å². The number of benzene rings is 2. The molecule has 0 unspecified atom stereocenters. The van der Waals surface area contributed by atoms with Crippen molar-refractivity contribution in [2.75, 3.05) is 12.3 Å². The lowest BCUT2D eigenvalue weighted by molar-refractivity contribution is -0.127. The van der Waals surface area contributed by atoms with Crippen LogP contribution in [0.5, 0.6) is 5.75 Å². The number of carbonyl (C=O) groups is 1. The van der Waals surface area contributed by atoms with Gasteiger partial charge in [-0.15, -0.1) is 11.8 Å². The van der Waals surface area contributed by atoms with Crippen molar-refractivity contribution in [1.29, 1.82) is 0 Å². The van der Waals surface area contributed by atoms with Gasteiger partial charge in [-0.25, -0.2) is 0 Å². The number of halogens is 1. The highest BCUT2D eigenvalue weighted by molar-refractivity contribution is 7.99. The number of ether oxygens (including phenoxy) is 1. The number of aryl methyl sites for hydroxylation is 2. The second-order valence-electron chi connectivity index (χ2n) is 5.68. The summed E-state index contributed by atoms with van der Waals surface area (Å²) in [6.45, 7) is 6.38. The van der Waals surface area contributed by atoms with Crippen LogP contribution in [0.15, 0.2) is 47.4 Å². The molecule has 2 aromatic rings. The minimum Gasteiger partial charge on any atom is -0.481 e. The first-order valence-corrected chi connectivity index (χ1v) is 9.21. The van der Waals surface area contributed by atoms with Crippen molar-refractivity contribution in [2.24, 2.45) is 0 Å². The zero-order valence-corrected chi connectivity index (χ0v) is 15.7. The Bertz CT molecular complexity index is 668. The van der Waals surface area contributed by atoms with E-state index in [4.69, 9.17) is 16.3 Å². The van der Waals surface area contributed by atoms with E-state index in [1.165, 1.54) is 0 Å². The number of carbonyl (C=O) groups excluding carboxylic acids is 1. The van der Waals surface area contributed by atoms with Gasteiger partial charge in [0.1, 0.15) is 5.75 Å². The molecule has 0 aliphatic heterocycles. The van der Waals surface area contributed by atoms with Gasteiger partial charge in [0.25, 0.3) is 5.91 Å². The monoisotopic (exact) mass is 363 g/mol. The Balaban J connectivity index is 1.74. The van der Waals surface area contributed by atoms with E-state index in [-0.39, 0.29) is 5.91 Å². The van der Waals surface area contributed by atoms with E-state index < -0.39 is 6.10 Å². The Labute approximate surface area is 152 Å². The summed E-state index contributed by atoms with van der Waals surface area (Å²) < 4.78 is 5.73. The van der Waals surface area contributed by atoms with E-state index in [1.807, 2.05) is 50.2 Å². The number of nitrogens with one attached hydrogen (secondary N) is 1. The lowest BCUT2D eigenvalue weighted by Crippen LogP contribution is -2.37. The summed E-state index contributed by atoms with van der Waals surface area (Å²) in [6.07, 6.45) is -0.522. The van der Waals surface area contributed by atoms with Crippen LogP contribution in [0, 0.1) is 13.8 Å². The largest absolute Gasteiger partial charge is 0.481 e. The standard InChI is InChI=1S/C19H22ClNO2S/c1-13-10-14(2)12-17(11-13)23-15(3)19(22)21-8-9-24-18-6-4-16(20)5-7-18/h4-7,10-12,15H,8-9H2,1-3H3,(H,21,22)/t15-/m1/s1. The quantitative estimate of drug-likeness (QED) is 0.575. The van der Waals surface area contributed by atoms with Crippen LogP contribution in [0.2, 0.25) is 5.02 Å². The fourth-order valence-corrected chi connectivity index (χ4v) is 3.17. The fraction of sp³-hybridized carbons (Fsp3) is 0.316. The summed E-state index contributed by atoms with van der Waals surface area (Å²) in [7, 11) is 0. The van der Waals surface area contributed by atoms with E-state index in [2.05, 4.69) is 11.4 Å². The molecule has 0 bridgehead atoms. The van der Waals surface area contributed by atoms with Crippen molar-refractivity contribution in [1.82, 2.24) is 5.32 Å². The Hall–Kier alpha value is -1.65. The summed E-state index contributed by atoms with van der Waals surface area (Å²) in [5, 5.41) is 3.63. The Morgan fingerprint density at radius 3 is 2.42 bits per heavy atom. The lowest BCUT2D eigenvalue weighted by Gasteiger charge is -2.15. The third kappa shape index (κ3) is 6.10. The van der Waals surface area contributed by atoms with Crippen LogP contribution in [-0.4, -0.2) is 24.3 Å². The molecule has 0 radical (unpaired) electrons. The predicted molar refractivity (Wildman–Crippen MR) is 101 cm³/mol. The Morgan fingerprint density at radius 1 is 1.17 bits per heavy atom. The Morgan fingerprint density at radius 2 is 1.79 bits per heavy atom. The molecule has 1 atom stereocenters. The van der Waals surface area contributed by atoms with Crippen molar-refractivity contribution in [2.45, 2.75) is 31.8 Å². The maximum absolute atomic E-state index is 12.1. The highest BCUT2D eigenvalue weighted by Gasteiger charge is 2.14. The molecule has 24 heavy (non-hydrogen) atoms. The smallest absolute Gasteiger partial charge is 0.260 e. The Kier molecular flexibility index (Phi) is 7.00. The topological polar surface area (TPSA) is 38.3 Å². The van der Waals surface area contributed by atoms with Crippen LogP contribution < -0.4 is 10.1 Å². The van der Waals surface area contributed by atoms with E-state index in [1.54, 1.807) is 18.7 Å². The van der Waals surface area contributed by atoms with Crippen molar-refractivity contribution in [3.05, 3.63) is 58.6 Å². The second kappa shape index (κ2) is 9.00. The molecule has 0 saturated heterocycles. The number of amides is 1. The summed E-state index contributed by atoms with van der Waals surface area (Å²) in [5.41, 5.74) is 2.24. The molecule has 0 fully saturated rings. The van der Waals surface area contributed by atoms with Gasteiger partial charge in [0, 0.05) is 22.2 Å². The predicted octanol–water partition coefficient (Wildman–Crippen LogP) is 4.63. The molecule has 128 valence electrons. The highest BCUT2D eigenvalue weighted by atomic mass is 35.5. The van der Waals surface area contributed by atoms with E-state index in [0.29, 0.717) is 6.54 Å². The SMILES string of the molecule is Cc1cc(C)cc(O[C@H](C)C(=O)NCCSc2ccc(Cl)cc2)c1. The van der Waals surface area contributed by atoms with Gasteiger partial charge in [-0.05, 0) is 68.3 Å². The van der Waals surface area contributed by atoms with E-state index in [9.17, 15) is 4.79 Å². The maximum atomic E-state index is 12.1. The van der Waals surface area contributed by atoms with Gasteiger partial charge in [-0.2, -0.15) is 0 Å². The van der Waals surface area contributed by atoms with Crippen LogP contribution >= 0.6 is 23.4 Å². The first-order valence-electron chi connectivity index (χ1n) is 7.85. The molecule has 0 aromatic heterocycles. The van der Waals surface area contributed by atoms with Crippen LogP contribution in [-0.2, 0) is 4.79 Å². The zero-order valence-electron chi connectivity index (χ0n) is 14.1. The van der Waals surface area contributed by atoms with E-state index in [0.717, 1.165) is 32.5 Å². The number of thioether (sulfide) groups is 1. The molecule has 1 amide bonds. The van der Waals surface area contributed by atoms with Gasteiger partial charge in [0.15, 0.2) is 6.10 Å². The van der Waals surface area contributed by atoms with Crippen LogP contribution in [0.25, 0.3) is 0 Å². The minimum absolute atomic E-state index is 0.106. The first-order chi connectivity index (χ1) is 11.4. The molecule has 3 nitrogen and oxygen atoms in total. The first kappa shape index (κ1) is 18.7. The molecular formula is C19H22ClNO2S. The molecule has 0 aliphatic rings. The summed E-state index contributed by atoms with van der Waals surface area (Å²) >= 11 is 7.53. The molecule has 2 aromatic carbocycles. The average molecular weight is 364 g/mol. The minimum atomic E-state index is -0.522. The average Bonchev–Trinajstić information content (AvgIpc) is 2.52. The number of hydrogen-bond donors (Lipinski definition) is 1. The molecule has 1 N–H and O–H groups in total. The zero-order chi connectivity index (χ0) is 17.5. The molecule has 0 spiro atoms. The van der Waals surface area contributed by atoms with Gasteiger partial charge in [0.05, 0.1) is 0 Å². The van der Waals surface area contributed by atoms with Crippen molar-refractivity contribution >= 4 is 29.3 Å². The normalized spacial score (nSPS) is 11.8. The van der Waals surface area contributed by atoms with Gasteiger partial charge in [0.2, 0.25) is 0 Å². The summed E-state index contributed by atoms with van der Waals surface area (Å²) in [6, 6.07) is 13.6. The maximum Gasteiger partial charge on any atom is 0.260 e. The van der Waals surface area contributed by atoms with Crippen LogP contribution in [0.4, 0.5) is 0 Å². The molecule has 2 rings (SSSR count). The van der Waals surface area contributed by atoms with Crippen LogP contribution in [0.1, 0.15) is 18.1 Å². The molecule has 0 heterocycles. The lowest BCUT2D eigenvalue weighted by atomic mass is 10.1. The highest BCUT2D eigenvalue weighted by Crippen LogP contribution is 2.20. The van der Waals surface area contributed by atoms with Crippen LogP contribution in [0.3, 0.4) is 0 Å².